The fourth-order valence-electron chi connectivity index (χ4n) is 3.41. The minimum Gasteiger partial charge on any atom is -0.493 e. The summed E-state index contributed by atoms with van der Waals surface area (Å²) in [5.74, 6) is 1.69. The fourth-order valence-corrected chi connectivity index (χ4v) is 3.41. The Bertz CT molecular complexity index is 766. The number of nitrogens with zero attached hydrogens (tertiary/aromatic N) is 1. The smallest absolute Gasteiger partial charge is 0.248 e. The highest BCUT2D eigenvalue weighted by Crippen LogP contribution is 2.31. The zero-order valence-corrected chi connectivity index (χ0v) is 18.2. The standard InChI is InChI=1S/C21H27N3O3.2ClH/c1-26-19-11-17(21(22)25)8-9-18(19)27-20-10-7-16(14-24-20)13-23-12-15-5-3-2-4-6-15;;/h7-11,14-15,23H,2-6,12-13H2,1H3,(H2,22,25);2*1H. The van der Waals surface area contributed by atoms with Crippen molar-refractivity contribution in [3.05, 3.63) is 47.7 Å². The highest BCUT2D eigenvalue weighted by molar-refractivity contribution is 5.93. The van der Waals surface area contributed by atoms with Crippen LogP contribution in [0.1, 0.15) is 48.0 Å². The number of primary amides is 1. The van der Waals surface area contributed by atoms with Gasteiger partial charge in [-0.25, -0.2) is 4.98 Å². The summed E-state index contributed by atoms with van der Waals surface area (Å²) in [7, 11) is 1.52. The maximum Gasteiger partial charge on any atom is 0.248 e. The molecule has 1 saturated carbocycles. The van der Waals surface area contributed by atoms with Gasteiger partial charge >= 0.3 is 0 Å². The number of halogens is 2. The SMILES string of the molecule is COc1cc(C(N)=O)ccc1Oc1ccc(CNCC2CCCCC2)cn1.Cl.Cl. The molecule has 1 aromatic heterocycles. The summed E-state index contributed by atoms with van der Waals surface area (Å²) in [6.45, 7) is 1.88. The minimum absolute atomic E-state index is 0. The van der Waals surface area contributed by atoms with Gasteiger partial charge in [-0.15, -0.1) is 24.8 Å². The first-order chi connectivity index (χ1) is 13.2. The van der Waals surface area contributed by atoms with Crippen LogP contribution in [0.25, 0.3) is 0 Å². The molecular formula is C21H29Cl2N3O3. The van der Waals surface area contributed by atoms with Crippen LogP contribution in [0, 0.1) is 5.92 Å². The summed E-state index contributed by atoms with van der Waals surface area (Å²) in [6, 6.07) is 8.64. The number of nitrogens with two attached hydrogens (primary N) is 1. The number of carbonyl (C=O) groups is 1. The van der Waals surface area contributed by atoms with Crippen molar-refractivity contribution in [1.82, 2.24) is 10.3 Å². The molecule has 2 aromatic rings. The van der Waals surface area contributed by atoms with Crippen molar-refractivity contribution in [1.29, 1.82) is 0 Å². The first kappa shape index (κ1) is 25.0. The van der Waals surface area contributed by atoms with Crippen LogP contribution in [0.2, 0.25) is 0 Å². The van der Waals surface area contributed by atoms with Crippen molar-refractivity contribution in [2.24, 2.45) is 11.7 Å². The van der Waals surface area contributed by atoms with Crippen molar-refractivity contribution >= 4 is 30.7 Å². The quantitative estimate of drug-likeness (QED) is 0.629. The number of pyridine rings is 1. The molecule has 0 atom stereocenters. The average Bonchev–Trinajstić information content (AvgIpc) is 2.70. The van der Waals surface area contributed by atoms with E-state index < -0.39 is 5.91 Å². The van der Waals surface area contributed by atoms with Crippen LogP contribution in [0.3, 0.4) is 0 Å². The van der Waals surface area contributed by atoms with Crippen molar-refractivity contribution in [2.75, 3.05) is 13.7 Å². The predicted octanol–water partition coefficient (Wildman–Crippen LogP) is 4.49. The van der Waals surface area contributed by atoms with Crippen LogP contribution in [0.5, 0.6) is 17.4 Å². The van der Waals surface area contributed by atoms with Crippen LogP contribution in [-0.4, -0.2) is 24.5 Å². The van der Waals surface area contributed by atoms with Crippen molar-refractivity contribution in [3.63, 3.8) is 0 Å². The molecular weight excluding hydrogens is 413 g/mol. The van der Waals surface area contributed by atoms with E-state index in [1.807, 2.05) is 18.3 Å². The topological polar surface area (TPSA) is 86.5 Å². The summed E-state index contributed by atoms with van der Waals surface area (Å²) in [5.41, 5.74) is 6.78. The molecule has 1 aliphatic carbocycles. The highest BCUT2D eigenvalue weighted by atomic mass is 35.5. The van der Waals surface area contributed by atoms with Gasteiger partial charge in [0, 0.05) is 24.4 Å². The number of ether oxygens (including phenoxy) is 2. The van der Waals surface area contributed by atoms with Gasteiger partial charge in [-0.1, -0.05) is 25.3 Å². The molecule has 29 heavy (non-hydrogen) atoms. The summed E-state index contributed by atoms with van der Waals surface area (Å²) >= 11 is 0. The molecule has 3 N–H and O–H groups in total. The van der Waals surface area contributed by atoms with Gasteiger partial charge in [0.2, 0.25) is 11.8 Å². The van der Waals surface area contributed by atoms with Gasteiger partial charge < -0.3 is 20.5 Å². The van der Waals surface area contributed by atoms with E-state index in [-0.39, 0.29) is 24.8 Å². The molecule has 0 unspecified atom stereocenters. The molecule has 0 spiro atoms. The Kier molecular flexibility index (Phi) is 10.8. The monoisotopic (exact) mass is 441 g/mol. The summed E-state index contributed by atoms with van der Waals surface area (Å²) in [5, 5.41) is 3.53. The Hall–Kier alpha value is -2.02. The van der Waals surface area contributed by atoms with Gasteiger partial charge in [0.15, 0.2) is 11.5 Å². The van der Waals surface area contributed by atoms with Crippen LogP contribution in [0.4, 0.5) is 0 Å². The Labute approximate surface area is 184 Å². The first-order valence-electron chi connectivity index (χ1n) is 9.47. The number of nitrogens with one attached hydrogen (secondary N) is 1. The molecule has 1 heterocycles. The van der Waals surface area contributed by atoms with E-state index in [0.29, 0.717) is 22.9 Å². The molecule has 0 radical (unpaired) electrons. The third-order valence-electron chi connectivity index (χ3n) is 4.95. The molecule has 160 valence electrons. The van der Waals surface area contributed by atoms with E-state index in [9.17, 15) is 4.79 Å². The lowest BCUT2D eigenvalue weighted by Crippen LogP contribution is -2.24. The van der Waals surface area contributed by atoms with Crippen molar-refractivity contribution in [2.45, 2.75) is 38.6 Å². The average molecular weight is 442 g/mol. The molecule has 0 aliphatic heterocycles. The van der Waals surface area contributed by atoms with E-state index >= 15 is 0 Å². The second-order valence-electron chi connectivity index (χ2n) is 6.97. The molecule has 8 heteroatoms. The van der Waals surface area contributed by atoms with Crippen molar-refractivity contribution < 1.29 is 14.3 Å². The molecule has 1 aromatic carbocycles. The maximum absolute atomic E-state index is 11.3. The number of carbonyl (C=O) groups excluding carboxylic acids is 1. The van der Waals surface area contributed by atoms with Crippen LogP contribution in [0.15, 0.2) is 36.5 Å². The van der Waals surface area contributed by atoms with Crippen molar-refractivity contribution in [3.8, 4) is 17.4 Å². The Balaban J connectivity index is 0.00000210. The molecule has 3 rings (SSSR count). The zero-order chi connectivity index (χ0) is 19.1. The Morgan fingerprint density at radius 1 is 1.14 bits per heavy atom. The lowest BCUT2D eigenvalue weighted by Gasteiger charge is -2.21. The zero-order valence-electron chi connectivity index (χ0n) is 16.6. The summed E-state index contributed by atoms with van der Waals surface area (Å²) in [4.78, 5) is 15.6. The van der Waals surface area contributed by atoms with Gasteiger partial charge in [0.05, 0.1) is 7.11 Å². The summed E-state index contributed by atoms with van der Waals surface area (Å²) in [6.07, 6.45) is 8.61. The first-order valence-corrected chi connectivity index (χ1v) is 9.47. The number of aromatic nitrogens is 1. The van der Waals surface area contributed by atoms with E-state index in [0.717, 1.165) is 24.6 Å². The molecule has 6 nitrogen and oxygen atoms in total. The minimum atomic E-state index is -0.511. The lowest BCUT2D eigenvalue weighted by molar-refractivity contribution is 0.1000. The fraction of sp³-hybridized carbons (Fsp3) is 0.429. The number of amides is 1. The number of methoxy groups -OCH3 is 1. The second kappa shape index (κ2) is 12.5. The number of hydrogen-bond donors (Lipinski definition) is 2. The van der Waals surface area contributed by atoms with Gasteiger partial charge in [-0.2, -0.15) is 0 Å². The van der Waals surface area contributed by atoms with Gasteiger partial charge in [0.25, 0.3) is 0 Å². The van der Waals surface area contributed by atoms with Gasteiger partial charge in [-0.3, -0.25) is 4.79 Å². The molecule has 1 aliphatic rings. The van der Waals surface area contributed by atoms with E-state index in [4.69, 9.17) is 15.2 Å². The molecule has 0 bridgehead atoms. The Morgan fingerprint density at radius 3 is 2.52 bits per heavy atom. The van der Waals surface area contributed by atoms with Crippen LogP contribution >= 0.6 is 24.8 Å². The third-order valence-corrected chi connectivity index (χ3v) is 4.95. The molecule has 0 saturated heterocycles. The third kappa shape index (κ3) is 7.38. The van der Waals surface area contributed by atoms with Gasteiger partial charge in [-0.05, 0) is 49.1 Å². The number of hydrogen-bond acceptors (Lipinski definition) is 5. The van der Waals surface area contributed by atoms with E-state index in [1.165, 1.54) is 39.2 Å². The summed E-state index contributed by atoms with van der Waals surface area (Å²) < 4.78 is 11.1. The number of benzene rings is 1. The molecule has 1 amide bonds. The normalized spacial score (nSPS) is 13.7. The predicted molar refractivity (Wildman–Crippen MR) is 119 cm³/mol. The largest absolute Gasteiger partial charge is 0.493 e. The maximum atomic E-state index is 11.3. The van der Waals surface area contributed by atoms with E-state index in [1.54, 1.807) is 18.2 Å². The van der Waals surface area contributed by atoms with Crippen LogP contribution in [-0.2, 0) is 6.54 Å². The van der Waals surface area contributed by atoms with Crippen LogP contribution < -0.4 is 20.5 Å². The highest BCUT2D eigenvalue weighted by Gasteiger charge is 2.13. The van der Waals surface area contributed by atoms with Gasteiger partial charge in [0.1, 0.15) is 0 Å². The lowest BCUT2D eigenvalue weighted by atomic mass is 9.89. The van der Waals surface area contributed by atoms with E-state index in [2.05, 4.69) is 10.3 Å². The second-order valence-corrected chi connectivity index (χ2v) is 6.97. The molecule has 1 fully saturated rings. The number of rotatable bonds is 8. The Morgan fingerprint density at radius 2 is 1.90 bits per heavy atom.